The van der Waals surface area contributed by atoms with Crippen molar-refractivity contribution in [2.45, 2.75) is 40.0 Å². The Morgan fingerprint density at radius 1 is 1.17 bits per heavy atom. The van der Waals surface area contributed by atoms with Gasteiger partial charge in [-0.15, -0.1) is 0 Å². The highest BCUT2D eigenvalue weighted by Crippen LogP contribution is 2.42. The molecule has 5 heteroatoms. The highest BCUT2D eigenvalue weighted by atomic mass is 16.5. The van der Waals surface area contributed by atoms with Crippen molar-refractivity contribution in [1.29, 1.82) is 0 Å². The number of hydrogen-bond acceptors (Lipinski definition) is 4. The Labute approximate surface area is 137 Å². The third-order valence-electron chi connectivity index (χ3n) is 3.57. The van der Waals surface area contributed by atoms with E-state index in [1.165, 1.54) is 6.20 Å². The van der Waals surface area contributed by atoms with Crippen LogP contribution in [0.15, 0.2) is 18.3 Å². The van der Waals surface area contributed by atoms with E-state index in [4.69, 9.17) is 9.47 Å². The van der Waals surface area contributed by atoms with Crippen LogP contribution >= 0.6 is 0 Å². The van der Waals surface area contributed by atoms with Crippen molar-refractivity contribution in [3.63, 3.8) is 0 Å². The maximum Gasteiger partial charge on any atom is 0.170 e. The molecule has 1 heterocycles. The maximum atomic E-state index is 11.3. The fourth-order valence-corrected chi connectivity index (χ4v) is 2.38. The molecule has 0 fully saturated rings. The second-order valence-corrected chi connectivity index (χ2v) is 6.29. The molecule has 1 N–H and O–H groups in total. The Bertz CT molecular complexity index is 684. The summed E-state index contributed by atoms with van der Waals surface area (Å²) in [6.07, 6.45) is 2.31. The van der Waals surface area contributed by atoms with Gasteiger partial charge in [0, 0.05) is 5.56 Å². The van der Waals surface area contributed by atoms with E-state index >= 15 is 0 Å². The molecule has 0 aliphatic heterocycles. The van der Waals surface area contributed by atoms with Gasteiger partial charge in [-0.2, -0.15) is 5.10 Å². The lowest BCUT2D eigenvalue weighted by molar-refractivity contribution is 0.112. The van der Waals surface area contributed by atoms with Crippen LogP contribution in [0.2, 0.25) is 0 Å². The molecule has 0 aliphatic carbocycles. The first-order chi connectivity index (χ1) is 10.9. The van der Waals surface area contributed by atoms with Crippen molar-refractivity contribution in [1.82, 2.24) is 10.2 Å². The zero-order valence-electron chi connectivity index (χ0n) is 14.4. The number of ether oxygens (including phenoxy) is 2. The number of hydrogen-bond donors (Lipinski definition) is 1. The molecule has 0 atom stereocenters. The van der Waals surface area contributed by atoms with Crippen molar-refractivity contribution < 1.29 is 14.3 Å². The zero-order valence-corrected chi connectivity index (χ0v) is 14.4. The molecule has 23 heavy (non-hydrogen) atoms. The lowest BCUT2D eigenvalue weighted by atomic mass is 9.85. The number of rotatable bonds is 6. The molecule has 0 saturated heterocycles. The summed E-state index contributed by atoms with van der Waals surface area (Å²) in [5.41, 5.74) is 2.98. The number of benzene rings is 1. The van der Waals surface area contributed by atoms with Gasteiger partial charge in [-0.3, -0.25) is 9.89 Å². The molecule has 0 spiro atoms. The largest absolute Gasteiger partial charge is 0.490 e. The summed E-state index contributed by atoms with van der Waals surface area (Å²) in [5.74, 6) is 1.32. The minimum absolute atomic E-state index is 0.0628. The molecular weight excluding hydrogens is 292 g/mol. The molecule has 1 aromatic heterocycles. The fraction of sp³-hybridized carbons (Fsp3) is 0.444. The minimum atomic E-state index is -0.0628. The van der Waals surface area contributed by atoms with Crippen LogP contribution in [-0.2, 0) is 5.41 Å². The molecule has 0 amide bonds. The van der Waals surface area contributed by atoms with Gasteiger partial charge < -0.3 is 9.47 Å². The normalized spacial score (nSPS) is 11.3. The highest BCUT2D eigenvalue weighted by Gasteiger charge is 2.23. The van der Waals surface area contributed by atoms with Crippen LogP contribution in [-0.4, -0.2) is 29.7 Å². The number of carbonyl (C=O) groups is 1. The summed E-state index contributed by atoms with van der Waals surface area (Å²) in [5, 5.41) is 6.89. The number of nitrogens with zero attached hydrogens (tertiary/aromatic N) is 1. The average molecular weight is 316 g/mol. The van der Waals surface area contributed by atoms with Crippen LogP contribution in [0.5, 0.6) is 11.5 Å². The number of carbonyl (C=O) groups excluding carboxylic acids is 1. The quantitative estimate of drug-likeness (QED) is 0.819. The van der Waals surface area contributed by atoms with Gasteiger partial charge in [-0.1, -0.05) is 20.8 Å². The molecule has 2 aromatic rings. The SMILES string of the molecule is CCOc1cc(C(C)(C)C)cc(-c2[nH]ncc2C=O)c1OCC. The van der Waals surface area contributed by atoms with E-state index in [1.807, 2.05) is 26.0 Å². The molecule has 0 saturated carbocycles. The topological polar surface area (TPSA) is 64.2 Å². The first-order valence-corrected chi connectivity index (χ1v) is 7.85. The Kier molecular flexibility index (Phi) is 5.08. The van der Waals surface area contributed by atoms with Crippen LogP contribution in [0.1, 0.15) is 50.5 Å². The third-order valence-corrected chi connectivity index (χ3v) is 3.57. The summed E-state index contributed by atoms with van der Waals surface area (Å²) >= 11 is 0. The minimum Gasteiger partial charge on any atom is -0.490 e. The molecule has 124 valence electrons. The molecule has 0 bridgehead atoms. The van der Waals surface area contributed by atoms with Gasteiger partial charge in [-0.05, 0) is 37.0 Å². The van der Waals surface area contributed by atoms with Gasteiger partial charge in [0.1, 0.15) is 0 Å². The fourth-order valence-electron chi connectivity index (χ4n) is 2.38. The van der Waals surface area contributed by atoms with Crippen molar-refractivity contribution in [3.05, 3.63) is 29.5 Å². The summed E-state index contributed by atoms with van der Waals surface area (Å²) < 4.78 is 11.6. The van der Waals surface area contributed by atoms with E-state index in [0.717, 1.165) is 17.4 Å². The summed E-state index contributed by atoms with van der Waals surface area (Å²) in [4.78, 5) is 11.3. The number of H-pyrrole nitrogens is 1. The van der Waals surface area contributed by atoms with Crippen LogP contribution in [0, 0.1) is 0 Å². The summed E-state index contributed by atoms with van der Waals surface area (Å²) in [7, 11) is 0. The Morgan fingerprint density at radius 3 is 2.43 bits per heavy atom. The van der Waals surface area contributed by atoms with Crippen molar-refractivity contribution in [2.24, 2.45) is 0 Å². The van der Waals surface area contributed by atoms with E-state index in [1.54, 1.807) is 0 Å². The molecule has 2 rings (SSSR count). The van der Waals surface area contributed by atoms with E-state index in [-0.39, 0.29) is 5.41 Å². The Balaban J connectivity index is 2.74. The predicted octanol–water partition coefficient (Wildman–Crippen LogP) is 3.98. The summed E-state index contributed by atoms with van der Waals surface area (Å²) in [6.45, 7) is 11.3. The number of aromatic nitrogens is 2. The summed E-state index contributed by atoms with van der Waals surface area (Å²) in [6, 6.07) is 4.04. The van der Waals surface area contributed by atoms with Gasteiger partial charge in [0.25, 0.3) is 0 Å². The van der Waals surface area contributed by atoms with E-state index in [2.05, 4.69) is 31.0 Å². The second-order valence-electron chi connectivity index (χ2n) is 6.29. The zero-order chi connectivity index (χ0) is 17.0. The maximum absolute atomic E-state index is 11.3. The highest BCUT2D eigenvalue weighted by molar-refractivity contribution is 5.88. The number of aromatic amines is 1. The van der Waals surface area contributed by atoms with Crippen LogP contribution in [0.25, 0.3) is 11.3 Å². The number of aldehydes is 1. The van der Waals surface area contributed by atoms with Crippen LogP contribution in [0.3, 0.4) is 0 Å². The van der Waals surface area contributed by atoms with Gasteiger partial charge in [-0.25, -0.2) is 0 Å². The van der Waals surface area contributed by atoms with Crippen molar-refractivity contribution >= 4 is 6.29 Å². The van der Waals surface area contributed by atoms with Gasteiger partial charge in [0.15, 0.2) is 17.8 Å². The lowest BCUT2D eigenvalue weighted by Gasteiger charge is -2.23. The third kappa shape index (κ3) is 3.55. The standard InChI is InChI=1S/C18H24N2O3/c1-6-22-15-9-13(18(3,4)5)8-14(17(15)23-7-2)16-12(11-21)10-19-20-16/h8-11H,6-7H2,1-5H3,(H,19,20). The molecule has 0 radical (unpaired) electrons. The van der Waals surface area contributed by atoms with Gasteiger partial charge >= 0.3 is 0 Å². The monoisotopic (exact) mass is 316 g/mol. The van der Waals surface area contributed by atoms with E-state index in [0.29, 0.717) is 36.0 Å². The van der Waals surface area contributed by atoms with Crippen molar-refractivity contribution in [3.8, 4) is 22.8 Å². The average Bonchev–Trinajstić information content (AvgIpc) is 2.96. The first-order valence-electron chi connectivity index (χ1n) is 7.85. The van der Waals surface area contributed by atoms with Crippen LogP contribution < -0.4 is 9.47 Å². The Hall–Kier alpha value is -2.30. The second kappa shape index (κ2) is 6.86. The molecular formula is C18H24N2O3. The smallest absolute Gasteiger partial charge is 0.170 e. The predicted molar refractivity (Wildman–Crippen MR) is 90.4 cm³/mol. The van der Waals surface area contributed by atoms with E-state index in [9.17, 15) is 4.79 Å². The lowest BCUT2D eigenvalue weighted by Crippen LogP contribution is -2.12. The van der Waals surface area contributed by atoms with Crippen LogP contribution in [0.4, 0.5) is 0 Å². The molecule has 1 aromatic carbocycles. The van der Waals surface area contributed by atoms with Gasteiger partial charge in [0.2, 0.25) is 0 Å². The molecule has 5 nitrogen and oxygen atoms in total. The molecule has 0 aliphatic rings. The van der Waals surface area contributed by atoms with E-state index < -0.39 is 0 Å². The molecule has 0 unspecified atom stereocenters. The van der Waals surface area contributed by atoms with Gasteiger partial charge in [0.05, 0.1) is 30.7 Å². The number of nitrogens with one attached hydrogen (secondary N) is 1. The first kappa shape index (κ1) is 17.1. The van der Waals surface area contributed by atoms with Crippen molar-refractivity contribution in [2.75, 3.05) is 13.2 Å². The Morgan fingerprint density at radius 2 is 1.87 bits per heavy atom.